The summed E-state index contributed by atoms with van der Waals surface area (Å²) in [5.41, 5.74) is 0.710. The Balaban J connectivity index is 1.69. The first-order valence-corrected chi connectivity index (χ1v) is 9.23. The van der Waals surface area contributed by atoms with Crippen molar-refractivity contribution >= 4 is 29.6 Å². The number of nitrogens with one attached hydrogen (secondary N) is 3. The normalized spacial score (nSPS) is 14.3. The molecule has 0 spiro atoms. The van der Waals surface area contributed by atoms with Crippen molar-refractivity contribution in [3.8, 4) is 0 Å². The van der Waals surface area contributed by atoms with Crippen LogP contribution in [0.2, 0.25) is 0 Å². The molecule has 28 heavy (non-hydrogen) atoms. The summed E-state index contributed by atoms with van der Waals surface area (Å²) in [5, 5.41) is 7.40. The van der Waals surface area contributed by atoms with E-state index in [0.717, 1.165) is 0 Å². The van der Waals surface area contributed by atoms with E-state index in [-0.39, 0.29) is 18.0 Å². The fourth-order valence-electron chi connectivity index (χ4n) is 2.76. The summed E-state index contributed by atoms with van der Waals surface area (Å²) in [4.78, 5) is 49.0. The molecule has 1 heterocycles. The molecule has 1 aromatic carbocycles. The number of piperidine rings is 1. The first kappa shape index (κ1) is 21.2. The number of carbonyl (C=O) groups excluding carboxylic acids is 4. The molecular formula is C19H26N4O5. The second kappa shape index (κ2) is 10.3. The fourth-order valence-corrected chi connectivity index (χ4v) is 2.76. The zero-order valence-corrected chi connectivity index (χ0v) is 16.1. The Bertz CT molecular complexity index is 700. The van der Waals surface area contributed by atoms with Crippen LogP contribution in [0.5, 0.6) is 0 Å². The lowest BCUT2D eigenvalue weighted by Gasteiger charge is -2.30. The van der Waals surface area contributed by atoms with Crippen molar-refractivity contribution in [2.24, 2.45) is 5.92 Å². The number of amides is 5. The minimum atomic E-state index is -0.689. The van der Waals surface area contributed by atoms with Gasteiger partial charge in [0, 0.05) is 24.8 Å². The lowest BCUT2D eigenvalue weighted by atomic mass is 9.97. The standard InChI is InChI=1S/C19H26N4O5/c1-13(2)20-18(26)22-16(24)12-28-17(25)14-8-10-23(11-9-14)19(27)21-15-6-4-3-5-7-15/h3-7,13-14H,8-12H2,1-2H3,(H,21,27)(H2,20,22,24,26). The Morgan fingerprint density at radius 1 is 1.11 bits per heavy atom. The Labute approximate surface area is 163 Å². The number of urea groups is 2. The van der Waals surface area contributed by atoms with Crippen LogP contribution in [0.25, 0.3) is 0 Å². The topological polar surface area (TPSA) is 117 Å². The molecule has 0 saturated carbocycles. The molecule has 1 fully saturated rings. The summed E-state index contributed by atoms with van der Waals surface area (Å²) in [5.74, 6) is -1.56. The van der Waals surface area contributed by atoms with Crippen LogP contribution in [-0.4, -0.2) is 54.6 Å². The van der Waals surface area contributed by atoms with Gasteiger partial charge < -0.3 is 20.3 Å². The molecular weight excluding hydrogens is 364 g/mol. The van der Waals surface area contributed by atoms with Crippen molar-refractivity contribution < 1.29 is 23.9 Å². The van der Waals surface area contributed by atoms with Crippen molar-refractivity contribution in [1.82, 2.24) is 15.5 Å². The van der Waals surface area contributed by atoms with E-state index in [9.17, 15) is 19.2 Å². The van der Waals surface area contributed by atoms with Gasteiger partial charge in [0.1, 0.15) is 0 Å². The van der Waals surface area contributed by atoms with Gasteiger partial charge in [-0.1, -0.05) is 18.2 Å². The van der Waals surface area contributed by atoms with Gasteiger partial charge in [-0.3, -0.25) is 14.9 Å². The third-order valence-electron chi connectivity index (χ3n) is 4.16. The van der Waals surface area contributed by atoms with E-state index < -0.39 is 24.5 Å². The first-order valence-electron chi connectivity index (χ1n) is 9.23. The molecule has 9 nitrogen and oxygen atoms in total. The molecule has 0 aliphatic carbocycles. The maximum Gasteiger partial charge on any atom is 0.321 e. The number of imide groups is 1. The van der Waals surface area contributed by atoms with Crippen LogP contribution in [0.4, 0.5) is 15.3 Å². The lowest BCUT2D eigenvalue weighted by molar-refractivity contribution is -0.153. The highest BCUT2D eigenvalue weighted by molar-refractivity contribution is 5.95. The summed E-state index contributed by atoms with van der Waals surface area (Å²) in [7, 11) is 0. The second-order valence-corrected chi connectivity index (χ2v) is 6.84. The van der Waals surface area contributed by atoms with Crippen molar-refractivity contribution in [2.45, 2.75) is 32.7 Å². The fraction of sp³-hybridized carbons (Fsp3) is 0.474. The van der Waals surface area contributed by atoms with E-state index in [4.69, 9.17) is 4.74 Å². The molecule has 5 amide bonds. The number of esters is 1. The smallest absolute Gasteiger partial charge is 0.321 e. The zero-order chi connectivity index (χ0) is 20.5. The minimum absolute atomic E-state index is 0.111. The quantitative estimate of drug-likeness (QED) is 0.662. The predicted octanol–water partition coefficient (Wildman–Crippen LogP) is 1.71. The Hall–Kier alpha value is -3.10. The van der Waals surface area contributed by atoms with Crippen LogP contribution in [-0.2, 0) is 14.3 Å². The van der Waals surface area contributed by atoms with Gasteiger partial charge in [-0.25, -0.2) is 9.59 Å². The van der Waals surface area contributed by atoms with Crippen LogP contribution in [0, 0.1) is 5.92 Å². The number of rotatable bonds is 5. The second-order valence-electron chi connectivity index (χ2n) is 6.84. The summed E-state index contributed by atoms with van der Waals surface area (Å²) in [6.45, 7) is 3.84. The van der Waals surface area contributed by atoms with Gasteiger partial charge in [-0.2, -0.15) is 0 Å². The van der Waals surface area contributed by atoms with Crippen LogP contribution in [0.3, 0.4) is 0 Å². The average Bonchev–Trinajstić information content (AvgIpc) is 2.66. The molecule has 0 radical (unpaired) electrons. The van der Waals surface area contributed by atoms with Crippen LogP contribution in [0.15, 0.2) is 30.3 Å². The molecule has 0 atom stereocenters. The first-order chi connectivity index (χ1) is 13.3. The highest BCUT2D eigenvalue weighted by Gasteiger charge is 2.29. The molecule has 0 unspecified atom stereocenters. The monoisotopic (exact) mass is 390 g/mol. The van der Waals surface area contributed by atoms with Crippen molar-refractivity contribution in [2.75, 3.05) is 25.0 Å². The number of para-hydroxylation sites is 1. The summed E-state index contributed by atoms with van der Waals surface area (Å²) < 4.78 is 4.99. The number of carbonyl (C=O) groups is 4. The van der Waals surface area contributed by atoms with Gasteiger partial charge in [0.05, 0.1) is 5.92 Å². The van der Waals surface area contributed by atoms with Crippen molar-refractivity contribution in [1.29, 1.82) is 0 Å². The summed E-state index contributed by atoms with van der Waals surface area (Å²) >= 11 is 0. The molecule has 1 saturated heterocycles. The third-order valence-corrected chi connectivity index (χ3v) is 4.16. The highest BCUT2D eigenvalue weighted by Crippen LogP contribution is 2.19. The van der Waals surface area contributed by atoms with Gasteiger partial charge in [0.25, 0.3) is 5.91 Å². The van der Waals surface area contributed by atoms with Gasteiger partial charge in [-0.05, 0) is 38.8 Å². The molecule has 0 aromatic heterocycles. The van der Waals surface area contributed by atoms with Gasteiger partial charge in [0.15, 0.2) is 6.61 Å². The molecule has 1 aliphatic heterocycles. The molecule has 1 aliphatic rings. The van der Waals surface area contributed by atoms with Crippen LogP contribution >= 0.6 is 0 Å². The molecule has 3 N–H and O–H groups in total. The molecule has 2 rings (SSSR count). The number of anilines is 1. The molecule has 9 heteroatoms. The number of benzene rings is 1. The largest absolute Gasteiger partial charge is 0.455 e. The maximum absolute atomic E-state index is 12.2. The summed E-state index contributed by atoms with van der Waals surface area (Å²) in [6, 6.07) is 8.18. The molecule has 152 valence electrons. The van der Waals surface area contributed by atoms with E-state index >= 15 is 0 Å². The maximum atomic E-state index is 12.2. The van der Waals surface area contributed by atoms with Crippen molar-refractivity contribution in [3.05, 3.63) is 30.3 Å². The number of hydrogen-bond acceptors (Lipinski definition) is 5. The van der Waals surface area contributed by atoms with Gasteiger partial charge >= 0.3 is 18.0 Å². The SMILES string of the molecule is CC(C)NC(=O)NC(=O)COC(=O)C1CCN(C(=O)Nc2ccccc2)CC1. The van der Waals surface area contributed by atoms with E-state index in [1.807, 2.05) is 18.2 Å². The van der Waals surface area contributed by atoms with Crippen LogP contribution < -0.4 is 16.0 Å². The number of likely N-dealkylation sites (tertiary alicyclic amines) is 1. The Morgan fingerprint density at radius 3 is 2.36 bits per heavy atom. The number of ether oxygens (including phenoxy) is 1. The summed E-state index contributed by atoms with van der Waals surface area (Å²) in [6.07, 6.45) is 0.910. The lowest BCUT2D eigenvalue weighted by Crippen LogP contribution is -2.45. The highest BCUT2D eigenvalue weighted by atomic mass is 16.5. The van der Waals surface area contributed by atoms with E-state index in [1.54, 1.807) is 30.9 Å². The average molecular weight is 390 g/mol. The predicted molar refractivity (Wildman–Crippen MR) is 103 cm³/mol. The van der Waals surface area contributed by atoms with E-state index in [1.165, 1.54) is 0 Å². The van der Waals surface area contributed by atoms with Crippen molar-refractivity contribution in [3.63, 3.8) is 0 Å². The van der Waals surface area contributed by atoms with E-state index in [0.29, 0.717) is 31.6 Å². The number of nitrogens with zero attached hydrogens (tertiary/aromatic N) is 1. The number of hydrogen-bond donors (Lipinski definition) is 3. The Morgan fingerprint density at radius 2 is 1.75 bits per heavy atom. The van der Waals surface area contributed by atoms with Gasteiger partial charge in [0.2, 0.25) is 0 Å². The van der Waals surface area contributed by atoms with E-state index in [2.05, 4.69) is 16.0 Å². The molecule has 0 bridgehead atoms. The minimum Gasteiger partial charge on any atom is -0.455 e. The molecule has 1 aromatic rings. The third kappa shape index (κ3) is 6.90. The zero-order valence-electron chi connectivity index (χ0n) is 16.1. The van der Waals surface area contributed by atoms with Crippen LogP contribution in [0.1, 0.15) is 26.7 Å². The van der Waals surface area contributed by atoms with Gasteiger partial charge in [-0.15, -0.1) is 0 Å². The Kier molecular flexibility index (Phi) is 7.79.